The molecule has 13 heavy (non-hydrogen) atoms. The summed E-state index contributed by atoms with van der Waals surface area (Å²) in [5.74, 6) is 0.283. The summed E-state index contributed by atoms with van der Waals surface area (Å²) < 4.78 is 35.2. The summed E-state index contributed by atoms with van der Waals surface area (Å²) in [6.07, 6.45) is -3.51. The summed E-state index contributed by atoms with van der Waals surface area (Å²) in [7, 11) is 0. The van der Waals surface area contributed by atoms with Crippen LogP contribution in [0.1, 0.15) is 12.8 Å². The number of nitrogens with zero attached hydrogens (tertiary/aromatic N) is 1. The molecule has 0 saturated carbocycles. The van der Waals surface area contributed by atoms with Gasteiger partial charge in [-0.3, -0.25) is 0 Å². The molecular formula is C8H12F3NO. The molecule has 0 aromatic carbocycles. The van der Waals surface area contributed by atoms with Crippen molar-refractivity contribution in [1.82, 2.24) is 4.90 Å². The van der Waals surface area contributed by atoms with Crippen LogP contribution in [0.25, 0.3) is 0 Å². The van der Waals surface area contributed by atoms with E-state index in [-0.39, 0.29) is 12.5 Å². The van der Waals surface area contributed by atoms with Gasteiger partial charge < -0.3 is 9.69 Å². The number of likely N-dealkylation sites (tertiary alicyclic amines) is 1. The van der Waals surface area contributed by atoms with E-state index in [0.29, 0.717) is 19.5 Å². The molecule has 1 fully saturated rings. The molecule has 1 saturated heterocycles. The van der Waals surface area contributed by atoms with Crippen LogP contribution in [-0.4, -0.2) is 37.0 Å². The Balaban J connectivity index is 2.05. The third-order valence-corrected chi connectivity index (χ3v) is 2.17. The van der Waals surface area contributed by atoms with Crippen LogP contribution < -0.4 is 0 Å². The minimum absolute atomic E-state index is 0.0683. The molecule has 2 nitrogen and oxygen atoms in total. The van der Waals surface area contributed by atoms with E-state index in [0.717, 1.165) is 6.29 Å². The molecule has 0 amide bonds. The highest BCUT2D eigenvalue weighted by Gasteiger charge is 2.32. The van der Waals surface area contributed by atoms with Crippen molar-refractivity contribution in [3.05, 3.63) is 0 Å². The first-order chi connectivity index (χ1) is 6.01. The van der Waals surface area contributed by atoms with E-state index in [9.17, 15) is 18.0 Å². The summed E-state index contributed by atoms with van der Waals surface area (Å²) >= 11 is 0. The molecule has 0 atom stereocenters. The molecule has 0 spiro atoms. The smallest absolute Gasteiger partial charge is 0.303 e. The van der Waals surface area contributed by atoms with E-state index in [1.807, 2.05) is 0 Å². The number of hydrogen-bond acceptors (Lipinski definition) is 2. The molecule has 0 N–H and O–H groups in total. The van der Waals surface area contributed by atoms with Gasteiger partial charge in [-0.05, 0) is 5.92 Å². The molecule has 76 valence electrons. The molecule has 1 aliphatic rings. The van der Waals surface area contributed by atoms with E-state index < -0.39 is 12.6 Å². The average Bonchev–Trinajstić information content (AvgIpc) is 1.91. The van der Waals surface area contributed by atoms with Crippen LogP contribution in [0, 0.1) is 5.92 Å². The molecule has 0 aromatic heterocycles. The molecule has 0 unspecified atom stereocenters. The molecule has 1 rings (SSSR count). The van der Waals surface area contributed by atoms with Gasteiger partial charge in [0.05, 0.1) is 6.42 Å². The predicted octanol–water partition coefficient (Wildman–Crippen LogP) is 1.46. The van der Waals surface area contributed by atoms with Crippen molar-refractivity contribution >= 4 is 6.29 Å². The van der Waals surface area contributed by atoms with Crippen LogP contribution in [0.3, 0.4) is 0 Å². The van der Waals surface area contributed by atoms with Gasteiger partial charge in [0, 0.05) is 26.1 Å². The lowest BCUT2D eigenvalue weighted by Crippen LogP contribution is -2.47. The van der Waals surface area contributed by atoms with Crippen molar-refractivity contribution in [2.75, 3.05) is 19.6 Å². The summed E-state index contributed by atoms with van der Waals surface area (Å²) in [6, 6.07) is 0. The highest BCUT2D eigenvalue weighted by atomic mass is 19.4. The van der Waals surface area contributed by atoms with Crippen molar-refractivity contribution < 1.29 is 18.0 Å². The van der Waals surface area contributed by atoms with Crippen LogP contribution in [0.2, 0.25) is 0 Å². The standard InChI is InChI=1S/C8H12F3NO/c9-8(10,11)2-3-12-5-7(6-12)1-4-13/h4,7H,1-3,5-6H2. The van der Waals surface area contributed by atoms with Crippen LogP contribution in [0.4, 0.5) is 13.2 Å². The Labute approximate surface area is 74.7 Å². The minimum atomic E-state index is -4.06. The monoisotopic (exact) mass is 195 g/mol. The number of hydrogen-bond donors (Lipinski definition) is 0. The zero-order valence-corrected chi connectivity index (χ0v) is 7.18. The Morgan fingerprint density at radius 2 is 2.00 bits per heavy atom. The summed E-state index contributed by atoms with van der Waals surface area (Å²) in [5, 5.41) is 0. The van der Waals surface area contributed by atoms with Crippen molar-refractivity contribution in [3.8, 4) is 0 Å². The van der Waals surface area contributed by atoms with E-state index >= 15 is 0 Å². The summed E-state index contributed by atoms with van der Waals surface area (Å²) in [5.41, 5.74) is 0. The number of halogens is 3. The zero-order chi connectivity index (χ0) is 9.90. The highest BCUT2D eigenvalue weighted by molar-refractivity contribution is 5.50. The maximum Gasteiger partial charge on any atom is 0.390 e. The number of carbonyl (C=O) groups excluding carboxylic acids is 1. The lowest BCUT2D eigenvalue weighted by Gasteiger charge is -2.38. The molecule has 1 aliphatic heterocycles. The van der Waals surface area contributed by atoms with Crippen molar-refractivity contribution in [3.63, 3.8) is 0 Å². The predicted molar refractivity (Wildman–Crippen MR) is 41.3 cm³/mol. The first kappa shape index (κ1) is 10.5. The van der Waals surface area contributed by atoms with Crippen LogP contribution >= 0.6 is 0 Å². The second kappa shape index (κ2) is 4.09. The Hall–Kier alpha value is -0.580. The van der Waals surface area contributed by atoms with E-state index in [1.165, 1.54) is 0 Å². The van der Waals surface area contributed by atoms with Gasteiger partial charge in [0.2, 0.25) is 0 Å². The fourth-order valence-corrected chi connectivity index (χ4v) is 1.43. The second-order valence-electron chi connectivity index (χ2n) is 3.39. The Kier molecular flexibility index (Phi) is 3.30. The van der Waals surface area contributed by atoms with Crippen molar-refractivity contribution in [2.24, 2.45) is 5.92 Å². The summed E-state index contributed by atoms with van der Waals surface area (Å²) in [4.78, 5) is 11.8. The third-order valence-electron chi connectivity index (χ3n) is 2.17. The van der Waals surface area contributed by atoms with Gasteiger partial charge >= 0.3 is 6.18 Å². The molecule has 1 heterocycles. The molecule has 0 radical (unpaired) electrons. The Bertz CT molecular complexity index is 175. The highest BCUT2D eigenvalue weighted by Crippen LogP contribution is 2.23. The number of rotatable bonds is 4. The van der Waals surface area contributed by atoms with Crippen molar-refractivity contribution in [1.29, 1.82) is 0 Å². The SMILES string of the molecule is O=CCC1CN(CCC(F)(F)F)C1. The van der Waals surface area contributed by atoms with Crippen molar-refractivity contribution in [2.45, 2.75) is 19.0 Å². The average molecular weight is 195 g/mol. The maximum absolute atomic E-state index is 11.7. The van der Waals surface area contributed by atoms with Gasteiger partial charge in [0.25, 0.3) is 0 Å². The normalized spacial score (nSPS) is 19.9. The van der Waals surface area contributed by atoms with Crippen LogP contribution in [-0.2, 0) is 4.79 Å². The van der Waals surface area contributed by atoms with Crippen LogP contribution in [0.5, 0.6) is 0 Å². The molecule has 5 heteroatoms. The maximum atomic E-state index is 11.7. The first-order valence-electron chi connectivity index (χ1n) is 4.24. The van der Waals surface area contributed by atoms with Gasteiger partial charge in [-0.15, -0.1) is 0 Å². The number of aldehydes is 1. The quantitative estimate of drug-likeness (QED) is 0.633. The molecule has 0 aliphatic carbocycles. The lowest BCUT2D eigenvalue weighted by molar-refractivity contribution is -0.141. The number of carbonyl (C=O) groups is 1. The van der Waals surface area contributed by atoms with Gasteiger partial charge in [0.15, 0.2) is 0 Å². The fourth-order valence-electron chi connectivity index (χ4n) is 1.43. The van der Waals surface area contributed by atoms with Gasteiger partial charge in [-0.1, -0.05) is 0 Å². The Morgan fingerprint density at radius 3 is 2.46 bits per heavy atom. The van der Waals surface area contributed by atoms with Gasteiger partial charge in [-0.25, -0.2) is 0 Å². The minimum Gasteiger partial charge on any atom is -0.303 e. The van der Waals surface area contributed by atoms with Gasteiger partial charge in [-0.2, -0.15) is 13.2 Å². The largest absolute Gasteiger partial charge is 0.390 e. The van der Waals surface area contributed by atoms with E-state index in [2.05, 4.69) is 0 Å². The van der Waals surface area contributed by atoms with Gasteiger partial charge in [0.1, 0.15) is 6.29 Å². The zero-order valence-electron chi connectivity index (χ0n) is 7.18. The van der Waals surface area contributed by atoms with E-state index in [4.69, 9.17) is 0 Å². The third kappa shape index (κ3) is 3.76. The second-order valence-corrected chi connectivity index (χ2v) is 3.39. The molecular weight excluding hydrogens is 183 g/mol. The molecule has 0 bridgehead atoms. The fraction of sp³-hybridized carbons (Fsp3) is 0.875. The summed E-state index contributed by atoms with van der Waals surface area (Å²) in [6.45, 7) is 1.34. The first-order valence-corrected chi connectivity index (χ1v) is 4.24. The lowest BCUT2D eigenvalue weighted by atomic mass is 9.97. The molecule has 0 aromatic rings. The van der Waals surface area contributed by atoms with E-state index in [1.54, 1.807) is 4.90 Å². The number of alkyl halides is 3. The Morgan fingerprint density at radius 1 is 1.38 bits per heavy atom. The topological polar surface area (TPSA) is 20.3 Å². The van der Waals surface area contributed by atoms with Crippen LogP contribution in [0.15, 0.2) is 0 Å².